The lowest BCUT2D eigenvalue weighted by Crippen LogP contribution is -2.29. The lowest BCUT2D eigenvalue weighted by Gasteiger charge is -2.34. The summed E-state index contributed by atoms with van der Waals surface area (Å²) in [7, 11) is 0. The van der Waals surface area contributed by atoms with Crippen LogP contribution in [0.1, 0.15) is 42.7 Å². The largest absolute Gasteiger partial charge is 0.324 e. The summed E-state index contributed by atoms with van der Waals surface area (Å²) in [4.78, 5) is 1.37. The summed E-state index contributed by atoms with van der Waals surface area (Å²) in [6.45, 7) is 4.45. The molecule has 2 atom stereocenters. The van der Waals surface area contributed by atoms with Crippen molar-refractivity contribution in [3.8, 4) is 0 Å². The average molecular weight is 209 g/mol. The molecule has 2 rings (SSSR count). The van der Waals surface area contributed by atoms with Crippen molar-refractivity contribution in [1.82, 2.24) is 0 Å². The van der Waals surface area contributed by atoms with Crippen molar-refractivity contribution < 1.29 is 0 Å². The Morgan fingerprint density at radius 3 is 2.64 bits per heavy atom. The molecule has 0 aromatic carbocycles. The third-order valence-electron chi connectivity index (χ3n) is 3.60. The summed E-state index contributed by atoms with van der Waals surface area (Å²) >= 11 is 1.81. The summed E-state index contributed by atoms with van der Waals surface area (Å²) in [5.74, 6) is 1.53. The predicted octanol–water partition coefficient (Wildman–Crippen LogP) is 3.49. The molecule has 0 radical (unpaired) electrons. The first kappa shape index (κ1) is 10.2. The molecule has 0 saturated heterocycles. The fourth-order valence-electron chi connectivity index (χ4n) is 2.20. The van der Waals surface area contributed by atoms with Crippen molar-refractivity contribution in [2.24, 2.45) is 17.6 Å². The van der Waals surface area contributed by atoms with Gasteiger partial charge in [0.25, 0.3) is 0 Å². The van der Waals surface area contributed by atoms with Gasteiger partial charge in [-0.25, -0.2) is 0 Å². The van der Waals surface area contributed by atoms with Gasteiger partial charge in [-0.15, -0.1) is 11.3 Å². The van der Waals surface area contributed by atoms with Gasteiger partial charge in [-0.05, 0) is 35.8 Å². The van der Waals surface area contributed by atoms with E-state index in [0.29, 0.717) is 5.92 Å². The van der Waals surface area contributed by atoms with E-state index in [0.717, 1.165) is 5.92 Å². The zero-order chi connectivity index (χ0) is 10.1. The van der Waals surface area contributed by atoms with E-state index in [1.165, 1.54) is 29.7 Å². The van der Waals surface area contributed by atoms with Crippen LogP contribution in [-0.2, 0) is 0 Å². The first-order valence-electron chi connectivity index (χ1n) is 5.49. The predicted molar refractivity (Wildman–Crippen MR) is 62.5 cm³/mol. The van der Waals surface area contributed by atoms with E-state index in [9.17, 15) is 0 Å². The number of thiophene rings is 1. The molecule has 1 aromatic rings. The van der Waals surface area contributed by atoms with Crippen LogP contribution in [0.25, 0.3) is 0 Å². The van der Waals surface area contributed by atoms with Gasteiger partial charge in [0.05, 0.1) is 0 Å². The van der Waals surface area contributed by atoms with Crippen LogP contribution in [0.5, 0.6) is 0 Å². The van der Waals surface area contributed by atoms with Gasteiger partial charge in [-0.1, -0.05) is 26.2 Å². The molecule has 0 amide bonds. The van der Waals surface area contributed by atoms with Crippen LogP contribution in [0.3, 0.4) is 0 Å². The fourth-order valence-corrected chi connectivity index (χ4v) is 2.95. The van der Waals surface area contributed by atoms with Crippen molar-refractivity contribution in [3.05, 3.63) is 21.9 Å². The second kappa shape index (κ2) is 4.03. The summed E-state index contributed by atoms with van der Waals surface area (Å²) in [6, 6.07) is 2.50. The lowest BCUT2D eigenvalue weighted by atomic mass is 9.73. The number of nitrogens with two attached hydrogens (primary N) is 1. The molecule has 1 aromatic heterocycles. The third kappa shape index (κ3) is 1.86. The Morgan fingerprint density at radius 2 is 2.21 bits per heavy atom. The standard InChI is InChI=1S/C12H19NS/c1-8-6-11(7-14-8)12(13)9(2)10-4-3-5-10/h6-7,9-10,12H,3-5,13H2,1-2H3. The molecular formula is C12H19NS. The van der Waals surface area contributed by atoms with Crippen molar-refractivity contribution in [1.29, 1.82) is 0 Å². The highest BCUT2D eigenvalue weighted by atomic mass is 32.1. The van der Waals surface area contributed by atoms with Crippen LogP contribution >= 0.6 is 11.3 Å². The normalized spacial score (nSPS) is 21.6. The number of rotatable bonds is 3. The summed E-state index contributed by atoms with van der Waals surface area (Å²) in [5, 5.41) is 2.22. The zero-order valence-corrected chi connectivity index (χ0v) is 9.81. The van der Waals surface area contributed by atoms with Gasteiger partial charge in [0.15, 0.2) is 0 Å². The van der Waals surface area contributed by atoms with E-state index < -0.39 is 0 Å². The van der Waals surface area contributed by atoms with Crippen molar-refractivity contribution in [2.45, 2.75) is 39.2 Å². The van der Waals surface area contributed by atoms with Gasteiger partial charge in [-0.2, -0.15) is 0 Å². The Hall–Kier alpha value is -0.340. The second-order valence-corrected chi connectivity index (χ2v) is 5.68. The minimum Gasteiger partial charge on any atom is -0.324 e. The highest BCUT2D eigenvalue weighted by Crippen LogP contribution is 2.39. The van der Waals surface area contributed by atoms with Crippen molar-refractivity contribution in [2.75, 3.05) is 0 Å². The topological polar surface area (TPSA) is 26.0 Å². The Kier molecular flexibility index (Phi) is 2.93. The van der Waals surface area contributed by atoms with E-state index in [1.807, 2.05) is 11.3 Å². The summed E-state index contributed by atoms with van der Waals surface area (Å²) < 4.78 is 0. The maximum Gasteiger partial charge on any atom is 0.0331 e. The maximum absolute atomic E-state index is 6.27. The Morgan fingerprint density at radius 1 is 1.50 bits per heavy atom. The SMILES string of the molecule is Cc1cc(C(N)C(C)C2CCC2)cs1. The van der Waals surface area contributed by atoms with Gasteiger partial charge in [-0.3, -0.25) is 0 Å². The number of aryl methyl sites for hydroxylation is 1. The number of hydrogen-bond donors (Lipinski definition) is 1. The van der Waals surface area contributed by atoms with Crippen LogP contribution in [0.4, 0.5) is 0 Å². The summed E-state index contributed by atoms with van der Waals surface area (Å²) in [5.41, 5.74) is 7.61. The minimum absolute atomic E-state index is 0.255. The molecule has 1 fully saturated rings. The van der Waals surface area contributed by atoms with E-state index in [-0.39, 0.29) is 6.04 Å². The van der Waals surface area contributed by atoms with Crippen molar-refractivity contribution >= 4 is 11.3 Å². The zero-order valence-electron chi connectivity index (χ0n) is 8.99. The molecular weight excluding hydrogens is 190 g/mol. The fraction of sp³-hybridized carbons (Fsp3) is 0.667. The number of hydrogen-bond acceptors (Lipinski definition) is 2. The van der Waals surface area contributed by atoms with Gasteiger partial charge in [0, 0.05) is 10.9 Å². The smallest absolute Gasteiger partial charge is 0.0331 e. The minimum atomic E-state index is 0.255. The first-order valence-corrected chi connectivity index (χ1v) is 6.37. The highest BCUT2D eigenvalue weighted by Gasteiger charge is 2.28. The first-order chi connectivity index (χ1) is 6.68. The van der Waals surface area contributed by atoms with Crippen LogP contribution < -0.4 is 5.73 Å². The quantitative estimate of drug-likeness (QED) is 0.810. The van der Waals surface area contributed by atoms with E-state index in [1.54, 1.807) is 0 Å². The molecule has 78 valence electrons. The molecule has 1 heterocycles. The molecule has 0 bridgehead atoms. The van der Waals surface area contributed by atoms with Crippen LogP contribution in [0.15, 0.2) is 11.4 Å². The molecule has 1 aliphatic rings. The second-order valence-electron chi connectivity index (χ2n) is 4.57. The van der Waals surface area contributed by atoms with Crippen molar-refractivity contribution in [3.63, 3.8) is 0 Å². The third-order valence-corrected chi connectivity index (χ3v) is 4.48. The molecule has 2 heteroatoms. The lowest BCUT2D eigenvalue weighted by molar-refractivity contribution is 0.193. The van der Waals surface area contributed by atoms with E-state index in [2.05, 4.69) is 25.3 Å². The van der Waals surface area contributed by atoms with Gasteiger partial charge >= 0.3 is 0 Å². The van der Waals surface area contributed by atoms with Crippen LogP contribution in [-0.4, -0.2) is 0 Å². The molecule has 14 heavy (non-hydrogen) atoms. The summed E-state index contributed by atoms with van der Waals surface area (Å²) in [6.07, 6.45) is 4.18. The average Bonchev–Trinajstić information content (AvgIpc) is 2.47. The molecule has 0 spiro atoms. The Balaban J connectivity index is 2.03. The molecule has 1 aliphatic carbocycles. The van der Waals surface area contributed by atoms with Gasteiger partial charge in [0.2, 0.25) is 0 Å². The van der Waals surface area contributed by atoms with Gasteiger partial charge < -0.3 is 5.73 Å². The Labute approximate surface area is 90.3 Å². The molecule has 0 aliphatic heterocycles. The highest BCUT2D eigenvalue weighted by molar-refractivity contribution is 7.10. The molecule has 1 saturated carbocycles. The Bertz CT molecular complexity index is 301. The molecule has 1 nitrogen and oxygen atoms in total. The van der Waals surface area contributed by atoms with E-state index >= 15 is 0 Å². The van der Waals surface area contributed by atoms with E-state index in [4.69, 9.17) is 5.73 Å². The van der Waals surface area contributed by atoms with Gasteiger partial charge in [0.1, 0.15) is 0 Å². The molecule has 2 N–H and O–H groups in total. The van der Waals surface area contributed by atoms with Crippen LogP contribution in [0, 0.1) is 18.8 Å². The monoisotopic (exact) mass is 209 g/mol. The van der Waals surface area contributed by atoms with Crippen LogP contribution in [0.2, 0.25) is 0 Å². The maximum atomic E-state index is 6.27. The molecule has 2 unspecified atom stereocenters.